The van der Waals surface area contributed by atoms with E-state index in [4.69, 9.17) is 0 Å². The summed E-state index contributed by atoms with van der Waals surface area (Å²) < 4.78 is 2.36. The molecule has 2 aromatic heterocycles. The first-order valence-electron chi connectivity index (χ1n) is 4.64. The van der Waals surface area contributed by atoms with Crippen LogP contribution in [0.15, 0.2) is 17.0 Å². The van der Waals surface area contributed by atoms with Crippen molar-refractivity contribution in [3.8, 4) is 0 Å². The second-order valence-corrected chi connectivity index (χ2v) is 4.41. The molecule has 2 aromatic rings. The fraction of sp³-hybridized carbons (Fsp3) is 0.444. The summed E-state index contributed by atoms with van der Waals surface area (Å²) in [6, 6.07) is 0. The van der Waals surface area contributed by atoms with Gasteiger partial charge in [-0.1, -0.05) is 13.8 Å². The zero-order valence-electron chi connectivity index (χ0n) is 8.42. The molecule has 0 aromatic carbocycles. The van der Waals surface area contributed by atoms with Crippen LogP contribution in [0.1, 0.15) is 25.8 Å². The van der Waals surface area contributed by atoms with Gasteiger partial charge in [0.25, 0.3) is 0 Å². The Bertz CT molecular complexity index is 482. The quantitative estimate of drug-likeness (QED) is 0.900. The van der Waals surface area contributed by atoms with E-state index in [9.17, 15) is 5.11 Å². The molecule has 0 spiro atoms. The highest BCUT2D eigenvalue weighted by atomic mass is 79.9. The SMILES string of the molecule is CC(C)[C@@H](O)c1nnc2c(Br)nccn12. The van der Waals surface area contributed by atoms with Gasteiger partial charge in [-0.2, -0.15) is 0 Å². The molecule has 0 unspecified atom stereocenters. The molecule has 0 aliphatic heterocycles. The Labute approximate surface area is 95.3 Å². The molecule has 15 heavy (non-hydrogen) atoms. The van der Waals surface area contributed by atoms with Gasteiger partial charge in [0, 0.05) is 12.4 Å². The van der Waals surface area contributed by atoms with E-state index < -0.39 is 6.10 Å². The molecule has 0 fully saturated rings. The highest BCUT2D eigenvalue weighted by Crippen LogP contribution is 2.22. The van der Waals surface area contributed by atoms with Crippen molar-refractivity contribution in [3.63, 3.8) is 0 Å². The Morgan fingerprint density at radius 3 is 2.80 bits per heavy atom. The summed E-state index contributed by atoms with van der Waals surface area (Å²) in [6.45, 7) is 3.87. The maximum absolute atomic E-state index is 9.92. The molecule has 0 saturated carbocycles. The predicted molar refractivity (Wildman–Crippen MR) is 58.3 cm³/mol. The molecule has 0 aliphatic rings. The van der Waals surface area contributed by atoms with Gasteiger partial charge in [0.15, 0.2) is 16.1 Å². The second kappa shape index (κ2) is 3.86. The van der Waals surface area contributed by atoms with Gasteiger partial charge in [-0.15, -0.1) is 10.2 Å². The number of nitrogens with zero attached hydrogens (tertiary/aromatic N) is 4. The van der Waals surface area contributed by atoms with Crippen LogP contribution >= 0.6 is 15.9 Å². The Kier molecular flexibility index (Phi) is 2.70. The van der Waals surface area contributed by atoms with Crippen LogP contribution < -0.4 is 0 Å². The minimum absolute atomic E-state index is 0.101. The standard InChI is InChI=1S/C9H11BrN4O/c1-5(2)6(15)8-12-13-9-7(10)11-3-4-14(8)9/h3-6,15H,1-2H3/t6-/m1/s1. The average Bonchev–Trinajstić information content (AvgIpc) is 2.61. The van der Waals surface area contributed by atoms with Gasteiger partial charge in [0.2, 0.25) is 0 Å². The van der Waals surface area contributed by atoms with Gasteiger partial charge < -0.3 is 5.11 Å². The normalized spacial score (nSPS) is 13.7. The summed E-state index contributed by atoms with van der Waals surface area (Å²) in [5, 5.41) is 17.9. The van der Waals surface area contributed by atoms with E-state index >= 15 is 0 Å². The fourth-order valence-corrected chi connectivity index (χ4v) is 1.70. The molecule has 0 amide bonds. The second-order valence-electron chi connectivity index (χ2n) is 3.66. The van der Waals surface area contributed by atoms with E-state index in [1.54, 1.807) is 16.8 Å². The van der Waals surface area contributed by atoms with Crippen LogP contribution in [0.4, 0.5) is 0 Å². The zero-order valence-corrected chi connectivity index (χ0v) is 10.0. The van der Waals surface area contributed by atoms with Gasteiger partial charge in [-0.25, -0.2) is 4.98 Å². The maximum atomic E-state index is 9.92. The predicted octanol–water partition coefficient (Wildman–Crippen LogP) is 1.58. The van der Waals surface area contributed by atoms with Gasteiger partial charge in [-0.05, 0) is 21.8 Å². The average molecular weight is 271 g/mol. The minimum atomic E-state index is -0.616. The lowest BCUT2D eigenvalue weighted by Gasteiger charge is -2.11. The first kappa shape index (κ1) is 10.5. The molecule has 5 nitrogen and oxygen atoms in total. The smallest absolute Gasteiger partial charge is 0.194 e. The molecule has 2 heterocycles. The van der Waals surface area contributed by atoms with E-state index in [-0.39, 0.29) is 5.92 Å². The molecule has 2 rings (SSSR count). The largest absolute Gasteiger partial charge is 0.385 e. The lowest BCUT2D eigenvalue weighted by molar-refractivity contribution is 0.116. The lowest BCUT2D eigenvalue weighted by Crippen LogP contribution is -2.09. The summed E-state index contributed by atoms with van der Waals surface area (Å²) in [7, 11) is 0. The number of rotatable bonds is 2. The summed E-state index contributed by atoms with van der Waals surface area (Å²) in [5.41, 5.74) is 0.618. The number of hydrogen-bond donors (Lipinski definition) is 1. The topological polar surface area (TPSA) is 63.3 Å². The Hall–Kier alpha value is -1.01. The molecule has 80 valence electrons. The van der Waals surface area contributed by atoms with Crippen LogP contribution in [-0.2, 0) is 0 Å². The minimum Gasteiger partial charge on any atom is -0.385 e. The van der Waals surface area contributed by atoms with Gasteiger partial charge in [-0.3, -0.25) is 4.40 Å². The van der Waals surface area contributed by atoms with E-state index in [1.165, 1.54) is 0 Å². The van der Waals surface area contributed by atoms with Crippen molar-refractivity contribution in [2.45, 2.75) is 20.0 Å². The van der Waals surface area contributed by atoms with Crippen molar-refractivity contribution < 1.29 is 5.11 Å². The molecular weight excluding hydrogens is 260 g/mol. The van der Waals surface area contributed by atoms with Crippen LogP contribution in [0.2, 0.25) is 0 Å². The van der Waals surface area contributed by atoms with Crippen LogP contribution in [0.25, 0.3) is 5.65 Å². The molecule has 1 atom stereocenters. The summed E-state index contributed by atoms with van der Waals surface area (Å²) >= 11 is 3.28. The van der Waals surface area contributed by atoms with E-state index in [0.29, 0.717) is 16.1 Å². The van der Waals surface area contributed by atoms with Gasteiger partial charge in [0.05, 0.1) is 0 Å². The number of hydrogen-bond acceptors (Lipinski definition) is 4. The highest BCUT2D eigenvalue weighted by molar-refractivity contribution is 9.10. The van der Waals surface area contributed by atoms with E-state index in [0.717, 1.165) is 0 Å². The summed E-state index contributed by atoms with van der Waals surface area (Å²) in [5.74, 6) is 0.646. The fourth-order valence-electron chi connectivity index (χ4n) is 1.31. The number of halogens is 1. The van der Waals surface area contributed by atoms with Crippen molar-refractivity contribution in [3.05, 3.63) is 22.8 Å². The van der Waals surface area contributed by atoms with Crippen LogP contribution in [-0.4, -0.2) is 24.7 Å². The number of aliphatic hydroxyl groups excluding tert-OH is 1. The third kappa shape index (κ3) is 1.74. The first-order chi connectivity index (χ1) is 7.11. The molecular formula is C9H11BrN4O. The monoisotopic (exact) mass is 270 g/mol. The van der Waals surface area contributed by atoms with Crippen LogP contribution in [0.3, 0.4) is 0 Å². The number of aromatic nitrogens is 4. The number of fused-ring (bicyclic) bond motifs is 1. The third-order valence-electron chi connectivity index (χ3n) is 2.21. The van der Waals surface area contributed by atoms with E-state index in [1.807, 2.05) is 13.8 Å². The highest BCUT2D eigenvalue weighted by Gasteiger charge is 2.19. The Morgan fingerprint density at radius 2 is 2.13 bits per heavy atom. The zero-order chi connectivity index (χ0) is 11.0. The first-order valence-corrected chi connectivity index (χ1v) is 5.43. The van der Waals surface area contributed by atoms with Crippen molar-refractivity contribution >= 4 is 21.6 Å². The van der Waals surface area contributed by atoms with Crippen LogP contribution in [0, 0.1) is 5.92 Å². The summed E-state index contributed by atoms with van der Waals surface area (Å²) in [4.78, 5) is 4.04. The molecule has 6 heteroatoms. The molecule has 0 radical (unpaired) electrons. The summed E-state index contributed by atoms with van der Waals surface area (Å²) in [6.07, 6.45) is 2.76. The van der Waals surface area contributed by atoms with E-state index in [2.05, 4.69) is 31.1 Å². The maximum Gasteiger partial charge on any atom is 0.194 e. The molecule has 0 aliphatic carbocycles. The van der Waals surface area contributed by atoms with Crippen molar-refractivity contribution in [2.24, 2.45) is 5.92 Å². The lowest BCUT2D eigenvalue weighted by atomic mass is 10.1. The Morgan fingerprint density at radius 1 is 1.40 bits per heavy atom. The van der Waals surface area contributed by atoms with Crippen molar-refractivity contribution in [1.82, 2.24) is 19.6 Å². The van der Waals surface area contributed by atoms with Crippen molar-refractivity contribution in [2.75, 3.05) is 0 Å². The van der Waals surface area contributed by atoms with Gasteiger partial charge in [0.1, 0.15) is 6.10 Å². The molecule has 0 saturated heterocycles. The molecule has 1 N–H and O–H groups in total. The van der Waals surface area contributed by atoms with Gasteiger partial charge >= 0.3 is 0 Å². The third-order valence-corrected chi connectivity index (χ3v) is 2.77. The van der Waals surface area contributed by atoms with Crippen LogP contribution in [0.5, 0.6) is 0 Å². The Balaban J connectivity index is 2.59. The van der Waals surface area contributed by atoms with Crippen molar-refractivity contribution in [1.29, 1.82) is 0 Å². The molecule has 0 bridgehead atoms. The number of aliphatic hydroxyl groups is 1.